The topological polar surface area (TPSA) is 35.6 Å². The minimum absolute atomic E-state index is 0.619. The molecule has 0 N–H and O–H groups in total. The molecular weight excluding hydrogens is 993 g/mol. The Morgan fingerprint density at radius 2 is 0.512 bits per heavy atom. The Kier molecular flexibility index (Phi) is 9.48. The minimum Gasteiger partial charge on any atom is -0.309 e. The lowest BCUT2D eigenvalue weighted by Gasteiger charge is -2.15. The molecule has 15 aromatic carbocycles. The smallest absolute Gasteiger partial charge is 0.235 e. The van der Waals surface area contributed by atoms with Crippen LogP contribution in [0.15, 0.2) is 279 Å². The number of para-hydroxylation sites is 2. The van der Waals surface area contributed by atoms with Crippen LogP contribution >= 0.6 is 0 Å². The van der Waals surface area contributed by atoms with Crippen molar-refractivity contribution >= 4 is 130 Å². The molecule has 0 saturated carbocycles. The molecule has 0 fully saturated rings. The third-order valence-corrected chi connectivity index (χ3v) is 17.7. The van der Waals surface area contributed by atoms with Gasteiger partial charge in [-0.25, -0.2) is 9.97 Å². The summed E-state index contributed by atoms with van der Waals surface area (Å²) in [5.74, 6) is 0.619. The van der Waals surface area contributed by atoms with E-state index < -0.39 is 0 Å². The molecule has 0 amide bonds. The van der Waals surface area contributed by atoms with Gasteiger partial charge in [-0.2, -0.15) is 0 Å². The van der Waals surface area contributed by atoms with Gasteiger partial charge in [-0.15, -0.1) is 0 Å². The van der Waals surface area contributed by atoms with Gasteiger partial charge in [-0.05, 0) is 153 Å². The molecule has 4 nitrogen and oxygen atoms in total. The van der Waals surface area contributed by atoms with Gasteiger partial charge >= 0.3 is 0 Å². The van der Waals surface area contributed by atoms with Gasteiger partial charge in [-0.3, -0.25) is 4.57 Å². The number of aromatic nitrogens is 4. The quantitative estimate of drug-likeness (QED) is 0.161. The molecule has 4 heteroatoms. The van der Waals surface area contributed by atoms with Crippen LogP contribution in [0, 0.1) is 0 Å². The van der Waals surface area contributed by atoms with Crippen LogP contribution in [0.25, 0.3) is 175 Å². The normalized spacial score (nSPS) is 12.1. The monoisotopic (exact) mass is 1040 g/mol. The predicted molar refractivity (Wildman–Crippen MR) is 347 cm³/mol. The van der Waals surface area contributed by atoms with Crippen molar-refractivity contribution in [1.29, 1.82) is 0 Å². The van der Waals surface area contributed by atoms with Gasteiger partial charge in [0.2, 0.25) is 5.95 Å². The Morgan fingerprint density at radius 1 is 0.195 bits per heavy atom. The Labute approximate surface area is 470 Å². The van der Waals surface area contributed by atoms with Crippen LogP contribution in [0.2, 0.25) is 0 Å². The van der Waals surface area contributed by atoms with Gasteiger partial charge in [-0.1, -0.05) is 218 Å². The predicted octanol–water partition coefficient (Wildman–Crippen LogP) is 20.9. The zero-order valence-electron chi connectivity index (χ0n) is 44.3. The molecular formula is C78H46N4. The number of hydrogen-bond acceptors (Lipinski definition) is 2. The molecule has 0 bridgehead atoms. The molecule has 0 unspecified atom stereocenters. The summed E-state index contributed by atoms with van der Waals surface area (Å²) in [6, 6.07) is 102. The summed E-state index contributed by atoms with van der Waals surface area (Å²) in [7, 11) is 0. The fraction of sp³-hybridized carbons (Fsp3) is 0. The third kappa shape index (κ3) is 6.55. The summed E-state index contributed by atoms with van der Waals surface area (Å²) >= 11 is 0. The van der Waals surface area contributed by atoms with Crippen molar-refractivity contribution in [1.82, 2.24) is 19.1 Å². The number of benzene rings is 15. The average molecular weight is 1040 g/mol. The molecule has 3 aromatic heterocycles. The zero-order valence-corrected chi connectivity index (χ0v) is 44.3. The van der Waals surface area contributed by atoms with Gasteiger partial charge in [0.15, 0.2) is 0 Å². The summed E-state index contributed by atoms with van der Waals surface area (Å²) in [5.41, 5.74) is 11.7. The van der Waals surface area contributed by atoms with E-state index in [1.54, 1.807) is 0 Å². The van der Waals surface area contributed by atoms with Gasteiger partial charge < -0.3 is 4.57 Å². The van der Waals surface area contributed by atoms with E-state index in [1.165, 1.54) is 114 Å². The van der Waals surface area contributed by atoms with E-state index in [2.05, 4.69) is 288 Å². The highest BCUT2D eigenvalue weighted by Crippen LogP contribution is 2.44. The summed E-state index contributed by atoms with van der Waals surface area (Å²) in [4.78, 5) is 11.3. The molecule has 18 aromatic rings. The Morgan fingerprint density at radius 3 is 0.988 bits per heavy atom. The summed E-state index contributed by atoms with van der Waals surface area (Å²) in [6.45, 7) is 0. The zero-order chi connectivity index (χ0) is 53.6. The Bertz CT molecular complexity index is 5540. The maximum atomic E-state index is 5.63. The molecule has 0 saturated heterocycles. The van der Waals surface area contributed by atoms with E-state index in [9.17, 15) is 0 Å². The first kappa shape index (κ1) is 45.0. The van der Waals surface area contributed by atoms with E-state index in [-0.39, 0.29) is 0 Å². The lowest BCUT2D eigenvalue weighted by molar-refractivity contribution is 0.996. The fourth-order valence-corrected chi connectivity index (χ4v) is 14.0. The van der Waals surface area contributed by atoms with Crippen molar-refractivity contribution in [2.75, 3.05) is 0 Å². The van der Waals surface area contributed by atoms with Crippen molar-refractivity contribution in [3.05, 3.63) is 279 Å². The first-order chi connectivity index (χ1) is 40.7. The molecule has 0 aliphatic heterocycles. The van der Waals surface area contributed by atoms with Crippen molar-refractivity contribution in [3.8, 4) is 45.3 Å². The van der Waals surface area contributed by atoms with Crippen molar-refractivity contribution in [2.45, 2.75) is 0 Å². The first-order valence-electron chi connectivity index (χ1n) is 28.2. The van der Waals surface area contributed by atoms with E-state index >= 15 is 0 Å². The highest BCUT2D eigenvalue weighted by atomic mass is 15.2. The third-order valence-electron chi connectivity index (χ3n) is 17.7. The number of nitrogens with zero attached hydrogens (tertiary/aromatic N) is 4. The van der Waals surface area contributed by atoms with Gasteiger partial charge in [0, 0.05) is 38.1 Å². The van der Waals surface area contributed by atoms with Crippen molar-refractivity contribution < 1.29 is 0 Å². The number of rotatable bonds is 5. The van der Waals surface area contributed by atoms with Crippen LogP contribution < -0.4 is 0 Å². The van der Waals surface area contributed by atoms with E-state index in [1.807, 2.05) is 0 Å². The largest absolute Gasteiger partial charge is 0.309 e. The van der Waals surface area contributed by atoms with Gasteiger partial charge in [0.25, 0.3) is 0 Å². The molecule has 0 aliphatic rings. The molecule has 378 valence electrons. The second-order valence-corrected chi connectivity index (χ2v) is 22.0. The minimum atomic E-state index is 0.619. The van der Waals surface area contributed by atoms with Crippen LogP contribution in [0.5, 0.6) is 0 Å². The first-order valence-corrected chi connectivity index (χ1v) is 28.2. The van der Waals surface area contributed by atoms with E-state index in [4.69, 9.17) is 9.97 Å². The maximum Gasteiger partial charge on any atom is 0.235 e. The molecule has 0 radical (unpaired) electrons. The summed E-state index contributed by atoms with van der Waals surface area (Å²) in [5, 5.41) is 24.5. The Balaban J connectivity index is 0.842. The second kappa shape index (κ2) is 17.3. The average Bonchev–Trinajstić information content (AvgIpc) is 4.25. The molecule has 82 heavy (non-hydrogen) atoms. The number of hydrogen-bond donors (Lipinski definition) is 0. The van der Waals surface area contributed by atoms with Crippen LogP contribution in [0.3, 0.4) is 0 Å². The second-order valence-electron chi connectivity index (χ2n) is 22.0. The van der Waals surface area contributed by atoms with Crippen LogP contribution in [-0.4, -0.2) is 19.1 Å². The lowest BCUT2D eigenvalue weighted by Crippen LogP contribution is -2.04. The SMILES string of the molecule is c1ccc2c(c1)cc(-n1c3ccccc3c3cc(-c4ccc5c(c4)c4ccccc4n5-c4nc(-c5ccc6c7ccccc7c7ccccc7c6c5)cc(-c5ccc6c7ccccc7c7ccccc7c6c5)n4)ccc31)c1ccccc12. The highest BCUT2D eigenvalue weighted by Gasteiger charge is 2.22. The number of fused-ring (bicyclic) bond motifs is 21. The fourth-order valence-electron chi connectivity index (χ4n) is 14.0. The van der Waals surface area contributed by atoms with Gasteiger partial charge in [0.1, 0.15) is 0 Å². The van der Waals surface area contributed by atoms with Crippen LogP contribution in [0.1, 0.15) is 0 Å². The van der Waals surface area contributed by atoms with E-state index in [0.717, 1.165) is 55.4 Å². The van der Waals surface area contributed by atoms with Crippen LogP contribution in [0.4, 0.5) is 0 Å². The van der Waals surface area contributed by atoms with Gasteiger partial charge in [0.05, 0.1) is 39.1 Å². The van der Waals surface area contributed by atoms with Crippen molar-refractivity contribution in [3.63, 3.8) is 0 Å². The molecule has 0 atom stereocenters. The maximum absolute atomic E-state index is 5.63. The molecule has 3 heterocycles. The van der Waals surface area contributed by atoms with Crippen LogP contribution in [-0.2, 0) is 0 Å². The highest BCUT2D eigenvalue weighted by molar-refractivity contribution is 6.27. The lowest BCUT2D eigenvalue weighted by atomic mass is 9.92. The summed E-state index contributed by atoms with van der Waals surface area (Å²) in [6.07, 6.45) is 0. The standard InChI is InChI=1S/C78H46N4/c1-2-18-52-49(17-1)45-77(64-28-12-11-19-53(52)64)81-73-31-15-13-29-65(73)69-41-47(35-39-75(69)81)48-36-40-76-70(42-48)66-30-14-16-32-74(66)82(76)78-79-71(50-33-37-62-58-24-5-3-20-54(58)56-22-7-9-26-60(56)67(62)43-50)46-72(80-78)51-34-38-63-59-25-6-4-21-55(59)57-23-8-10-27-61(57)68(63)44-51/h1-46H. The molecule has 18 rings (SSSR count). The molecule has 0 spiro atoms. The molecule has 0 aliphatic carbocycles. The summed E-state index contributed by atoms with van der Waals surface area (Å²) < 4.78 is 4.74. The van der Waals surface area contributed by atoms with E-state index in [0.29, 0.717) is 5.95 Å². The Hall–Kier alpha value is -10.9. The van der Waals surface area contributed by atoms with Crippen molar-refractivity contribution in [2.24, 2.45) is 0 Å².